The number of nitrogens with one attached hydrogen (secondary N) is 1. The highest BCUT2D eigenvalue weighted by Gasteiger charge is 2.12. The Balaban J connectivity index is 2.12. The van der Waals surface area contributed by atoms with Crippen LogP contribution in [0.15, 0.2) is 36.4 Å². The Labute approximate surface area is 126 Å². The molecule has 0 aliphatic heterocycles. The second-order valence-electron chi connectivity index (χ2n) is 4.32. The smallest absolute Gasteiger partial charge is 0.341 e. The van der Waals surface area contributed by atoms with E-state index in [-0.39, 0.29) is 22.1 Å². The van der Waals surface area contributed by atoms with E-state index in [0.29, 0.717) is 17.8 Å². The van der Waals surface area contributed by atoms with Gasteiger partial charge in [0.15, 0.2) is 0 Å². The predicted octanol–water partition coefficient (Wildman–Crippen LogP) is 3.15. The van der Waals surface area contributed by atoms with Gasteiger partial charge in [-0.15, -0.1) is 0 Å². The monoisotopic (exact) mass is 307 g/mol. The molecule has 0 saturated heterocycles. The number of esters is 1. The highest BCUT2D eigenvalue weighted by Crippen LogP contribution is 2.28. The Morgan fingerprint density at radius 1 is 1.29 bits per heavy atom. The van der Waals surface area contributed by atoms with Gasteiger partial charge in [0.05, 0.1) is 12.1 Å². The van der Waals surface area contributed by atoms with Crippen LogP contribution < -0.4 is 5.32 Å². The third-order valence-corrected chi connectivity index (χ3v) is 3.26. The average molecular weight is 308 g/mol. The molecule has 0 bridgehead atoms. The molecule has 3 N–H and O–H groups in total. The summed E-state index contributed by atoms with van der Waals surface area (Å²) in [6.07, 6.45) is 0. The van der Waals surface area contributed by atoms with E-state index in [1.165, 1.54) is 19.2 Å². The third-order valence-electron chi connectivity index (χ3n) is 2.96. The van der Waals surface area contributed by atoms with Gasteiger partial charge in [-0.1, -0.05) is 23.7 Å². The second-order valence-corrected chi connectivity index (χ2v) is 4.73. The molecule has 2 aromatic rings. The second kappa shape index (κ2) is 6.37. The van der Waals surface area contributed by atoms with Crippen LogP contribution in [0.4, 0.5) is 5.69 Å². The molecule has 0 spiro atoms. The van der Waals surface area contributed by atoms with Crippen LogP contribution in [-0.4, -0.2) is 23.3 Å². The zero-order valence-corrected chi connectivity index (χ0v) is 12.0. The Morgan fingerprint density at radius 3 is 2.71 bits per heavy atom. The van der Waals surface area contributed by atoms with Crippen molar-refractivity contribution in [2.75, 3.05) is 12.4 Å². The van der Waals surface area contributed by atoms with E-state index in [1.807, 2.05) is 0 Å². The molecule has 0 amide bonds. The fraction of sp³-hybridized carbons (Fsp3) is 0.133. The van der Waals surface area contributed by atoms with Gasteiger partial charge in [-0.3, -0.25) is 0 Å². The zero-order valence-electron chi connectivity index (χ0n) is 11.3. The molecule has 0 aliphatic carbocycles. The molecule has 0 aliphatic rings. The molecule has 110 valence electrons. The summed E-state index contributed by atoms with van der Waals surface area (Å²) in [6, 6.07) is 9.56. The fourth-order valence-corrected chi connectivity index (χ4v) is 2.02. The molecule has 0 unspecified atom stereocenters. The van der Waals surface area contributed by atoms with Crippen LogP contribution >= 0.6 is 11.6 Å². The maximum atomic E-state index is 11.4. The molecule has 21 heavy (non-hydrogen) atoms. The first-order chi connectivity index (χ1) is 10.0. The van der Waals surface area contributed by atoms with E-state index in [1.54, 1.807) is 24.3 Å². The molecule has 0 aromatic heterocycles. The number of ether oxygens (including phenoxy) is 1. The van der Waals surface area contributed by atoms with Gasteiger partial charge < -0.3 is 20.3 Å². The quantitative estimate of drug-likeness (QED) is 0.756. The van der Waals surface area contributed by atoms with Crippen LogP contribution in [0, 0.1) is 0 Å². The van der Waals surface area contributed by atoms with Gasteiger partial charge in [-0.2, -0.15) is 0 Å². The summed E-state index contributed by atoms with van der Waals surface area (Å²) in [4.78, 5) is 11.4. The van der Waals surface area contributed by atoms with Crippen LogP contribution in [0.3, 0.4) is 0 Å². The van der Waals surface area contributed by atoms with E-state index in [2.05, 4.69) is 10.1 Å². The first-order valence-corrected chi connectivity index (χ1v) is 6.52. The van der Waals surface area contributed by atoms with Gasteiger partial charge in [0.25, 0.3) is 0 Å². The number of phenolic OH excluding ortho intramolecular Hbond substituents is 2. The number of hydrogen-bond acceptors (Lipinski definition) is 5. The summed E-state index contributed by atoms with van der Waals surface area (Å²) in [5.74, 6) is -0.768. The Hall–Kier alpha value is -2.40. The summed E-state index contributed by atoms with van der Waals surface area (Å²) < 4.78 is 4.55. The van der Waals surface area contributed by atoms with Crippen LogP contribution in [0.1, 0.15) is 15.9 Å². The van der Waals surface area contributed by atoms with E-state index in [9.17, 15) is 15.0 Å². The minimum Gasteiger partial charge on any atom is -0.507 e. The summed E-state index contributed by atoms with van der Waals surface area (Å²) in [5, 5.41) is 22.9. The van der Waals surface area contributed by atoms with Crippen molar-refractivity contribution in [2.24, 2.45) is 0 Å². The van der Waals surface area contributed by atoms with Crippen molar-refractivity contribution in [1.82, 2.24) is 0 Å². The number of hydrogen-bond donors (Lipinski definition) is 3. The van der Waals surface area contributed by atoms with E-state index in [4.69, 9.17) is 11.6 Å². The molecule has 0 heterocycles. The molecule has 0 saturated carbocycles. The van der Waals surface area contributed by atoms with Crippen LogP contribution in [-0.2, 0) is 11.3 Å². The molecule has 0 fully saturated rings. The minimum absolute atomic E-state index is 0.0158. The lowest BCUT2D eigenvalue weighted by molar-refractivity contribution is 0.0597. The lowest BCUT2D eigenvalue weighted by atomic mass is 10.1. The normalized spacial score (nSPS) is 10.2. The highest BCUT2D eigenvalue weighted by atomic mass is 35.5. The largest absolute Gasteiger partial charge is 0.507 e. The number of carbonyl (C=O) groups is 1. The van der Waals surface area contributed by atoms with E-state index < -0.39 is 5.97 Å². The summed E-state index contributed by atoms with van der Waals surface area (Å²) >= 11 is 5.82. The van der Waals surface area contributed by atoms with Crippen LogP contribution in [0.25, 0.3) is 0 Å². The van der Waals surface area contributed by atoms with Crippen molar-refractivity contribution in [3.63, 3.8) is 0 Å². The Bertz CT molecular complexity index is 673. The van der Waals surface area contributed by atoms with Crippen molar-refractivity contribution in [2.45, 2.75) is 6.54 Å². The van der Waals surface area contributed by atoms with Crippen molar-refractivity contribution in [3.05, 3.63) is 52.5 Å². The van der Waals surface area contributed by atoms with E-state index >= 15 is 0 Å². The highest BCUT2D eigenvalue weighted by molar-refractivity contribution is 6.32. The van der Waals surface area contributed by atoms with E-state index in [0.717, 1.165) is 0 Å². The number of anilines is 1. The summed E-state index contributed by atoms with van der Waals surface area (Å²) in [7, 11) is 1.25. The van der Waals surface area contributed by atoms with Crippen LogP contribution in [0.5, 0.6) is 11.5 Å². The number of benzene rings is 2. The van der Waals surface area contributed by atoms with Crippen molar-refractivity contribution >= 4 is 23.3 Å². The number of halogens is 1. The predicted molar refractivity (Wildman–Crippen MR) is 79.9 cm³/mol. The minimum atomic E-state index is -0.605. The number of phenols is 2. The number of aromatic hydroxyl groups is 2. The Morgan fingerprint density at radius 2 is 2.05 bits per heavy atom. The molecular weight excluding hydrogens is 294 g/mol. The number of rotatable bonds is 4. The van der Waals surface area contributed by atoms with Gasteiger partial charge in [-0.25, -0.2) is 4.79 Å². The van der Waals surface area contributed by atoms with Crippen LogP contribution in [0.2, 0.25) is 5.02 Å². The zero-order chi connectivity index (χ0) is 15.4. The average Bonchev–Trinajstić information content (AvgIpc) is 2.48. The lowest BCUT2D eigenvalue weighted by Crippen LogP contribution is -2.03. The van der Waals surface area contributed by atoms with Crippen molar-refractivity contribution < 1.29 is 19.7 Å². The molecular formula is C15H14ClNO4. The first kappa shape index (κ1) is 15.0. The molecule has 5 nitrogen and oxygen atoms in total. The van der Waals surface area contributed by atoms with Gasteiger partial charge in [-0.05, 0) is 18.2 Å². The maximum Gasteiger partial charge on any atom is 0.341 e. The van der Waals surface area contributed by atoms with Crippen molar-refractivity contribution in [1.29, 1.82) is 0 Å². The maximum absolute atomic E-state index is 11.4. The van der Waals surface area contributed by atoms with Gasteiger partial charge in [0.2, 0.25) is 0 Å². The summed E-state index contributed by atoms with van der Waals surface area (Å²) in [6.45, 7) is 0.323. The molecule has 0 radical (unpaired) electrons. The van der Waals surface area contributed by atoms with Gasteiger partial charge >= 0.3 is 5.97 Å². The standard InChI is InChI=1S/C15H14ClNO4/c1-21-15(20)11-6-5-10(7-13(11)18)17-8-9-3-2-4-12(16)14(9)19/h2-7,17-19H,8H2,1H3. The summed E-state index contributed by atoms with van der Waals surface area (Å²) in [5.41, 5.74) is 1.31. The number of para-hydroxylation sites is 1. The molecule has 2 rings (SSSR count). The topological polar surface area (TPSA) is 78.8 Å². The SMILES string of the molecule is COC(=O)c1ccc(NCc2cccc(Cl)c2O)cc1O. The molecule has 0 atom stereocenters. The number of methoxy groups -OCH3 is 1. The number of carbonyl (C=O) groups excluding carboxylic acids is 1. The van der Waals surface area contributed by atoms with Gasteiger partial charge in [0.1, 0.15) is 17.1 Å². The lowest BCUT2D eigenvalue weighted by Gasteiger charge is -2.10. The molecule has 2 aromatic carbocycles. The van der Waals surface area contributed by atoms with Gasteiger partial charge in [0, 0.05) is 23.9 Å². The fourth-order valence-electron chi connectivity index (χ4n) is 1.82. The first-order valence-electron chi connectivity index (χ1n) is 6.14. The third kappa shape index (κ3) is 3.38. The molecule has 6 heteroatoms. The van der Waals surface area contributed by atoms with Crippen molar-refractivity contribution in [3.8, 4) is 11.5 Å². The Kier molecular flexibility index (Phi) is 4.55.